The third-order valence-corrected chi connectivity index (χ3v) is 4.90. The molecule has 3 aromatic rings. The number of fused-ring (bicyclic) bond motifs is 1. The predicted octanol–water partition coefficient (Wildman–Crippen LogP) is 3.73. The van der Waals surface area contributed by atoms with Crippen LogP contribution < -0.4 is 4.90 Å². The normalized spacial score (nSPS) is 15.2. The van der Waals surface area contributed by atoms with Gasteiger partial charge in [0.05, 0.1) is 10.5 Å². The summed E-state index contributed by atoms with van der Waals surface area (Å²) in [5.41, 5.74) is 1.53. The molecule has 1 aliphatic rings. The summed E-state index contributed by atoms with van der Waals surface area (Å²) < 4.78 is 1.70. The van der Waals surface area contributed by atoms with E-state index >= 15 is 0 Å². The van der Waals surface area contributed by atoms with Gasteiger partial charge in [0.15, 0.2) is 0 Å². The van der Waals surface area contributed by atoms with Crippen LogP contribution >= 0.6 is 11.6 Å². The fourth-order valence-electron chi connectivity index (χ4n) is 3.38. The third kappa shape index (κ3) is 2.96. The Kier molecular flexibility index (Phi) is 4.42. The Morgan fingerprint density at radius 3 is 2.42 bits per heavy atom. The summed E-state index contributed by atoms with van der Waals surface area (Å²) in [5, 5.41) is 15.6. The Morgan fingerprint density at radius 2 is 1.77 bits per heavy atom. The van der Waals surface area contributed by atoms with Crippen LogP contribution in [0.5, 0.6) is 0 Å². The minimum Gasteiger partial charge on any atom is -0.356 e. The van der Waals surface area contributed by atoms with E-state index in [1.165, 1.54) is 31.3 Å². The molecule has 0 radical (unpaired) electrons. The highest BCUT2D eigenvalue weighted by atomic mass is 35.5. The zero-order valence-electron chi connectivity index (χ0n) is 14.0. The SMILES string of the molecule is O=[N+]([O-])c1ccc(-c2c(Cl)nc3ncnn3c2N2CCCCCC2)cc1. The summed E-state index contributed by atoms with van der Waals surface area (Å²) in [6.45, 7) is 1.80. The van der Waals surface area contributed by atoms with Crippen molar-refractivity contribution in [3.63, 3.8) is 0 Å². The molecular weight excluding hydrogens is 356 g/mol. The van der Waals surface area contributed by atoms with Gasteiger partial charge in [-0.3, -0.25) is 10.1 Å². The van der Waals surface area contributed by atoms with Gasteiger partial charge in [-0.15, -0.1) is 0 Å². The number of halogens is 1. The van der Waals surface area contributed by atoms with Crippen molar-refractivity contribution in [3.05, 3.63) is 45.9 Å². The van der Waals surface area contributed by atoms with Crippen LogP contribution in [-0.2, 0) is 0 Å². The predicted molar refractivity (Wildman–Crippen MR) is 98.6 cm³/mol. The van der Waals surface area contributed by atoms with Crippen LogP contribution in [-0.4, -0.2) is 37.6 Å². The number of nitro groups is 1. The van der Waals surface area contributed by atoms with Gasteiger partial charge in [-0.05, 0) is 30.5 Å². The number of rotatable bonds is 3. The molecule has 0 aliphatic carbocycles. The third-order valence-electron chi connectivity index (χ3n) is 4.63. The average molecular weight is 373 g/mol. The number of hydrogen-bond donors (Lipinski definition) is 0. The van der Waals surface area contributed by atoms with E-state index in [1.54, 1.807) is 16.6 Å². The van der Waals surface area contributed by atoms with Crippen molar-refractivity contribution < 1.29 is 4.92 Å². The van der Waals surface area contributed by atoms with E-state index in [2.05, 4.69) is 20.0 Å². The van der Waals surface area contributed by atoms with Crippen molar-refractivity contribution in [2.75, 3.05) is 18.0 Å². The van der Waals surface area contributed by atoms with Gasteiger partial charge in [0.2, 0.25) is 0 Å². The molecule has 0 N–H and O–H groups in total. The first-order chi connectivity index (χ1) is 12.6. The van der Waals surface area contributed by atoms with Crippen LogP contribution in [0, 0.1) is 10.1 Å². The van der Waals surface area contributed by atoms with E-state index < -0.39 is 4.92 Å². The lowest BCUT2D eigenvalue weighted by Gasteiger charge is -2.26. The molecule has 0 bridgehead atoms. The molecule has 1 saturated heterocycles. The zero-order chi connectivity index (χ0) is 18.1. The molecule has 1 aromatic carbocycles. The lowest BCUT2D eigenvalue weighted by molar-refractivity contribution is -0.384. The Morgan fingerprint density at radius 1 is 1.08 bits per heavy atom. The molecule has 0 amide bonds. The Hall–Kier alpha value is -2.74. The summed E-state index contributed by atoms with van der Waals surface area (Å²) >= 11 is 6.51. The first kappa shape index (κ1) is 16.7. The number of aromatic nitrogens is 4. The quantitative estimate of drug-likeness (QED) is 0.395. The topological polar surface area (TPSA) is 89.5 Å². The smallest absolute Gasteiger partial charge is 0.269 e. The Balaban J connectivity index is 1.91. The number of non-ortho nitro benzene ring substituents is 1. The van der Waals surface area contributed by atoms with Gasteiger partial charge in [0.1, 0.15) is 17.3 Å². The van der Waals surface area contributed by atoms with Crippen LogP contribution in [0.2, 0.25) is 5.15 Å². The maximum Gasteiger partial charge on any atom is 0.269 e. The molecule has 26 heavy (non-hydrogen) atoms. The fraction of sp³-hybridized carbons (Fsp3) is 0.353. The lowest BCUT2D eigenvalue weighted by Crippen LogP contribution is -2.27. The van der Waals surface area contributed by atoms with E-state index in [4.69, 9.17) is 11.6 Å². The summed E-state index contributed by atoms with van der Waals surface area (Å²) in [4.78, 5) is 21.3. The van der Waals surface area contributed by atoms with Crippen molar-refractivity contribution in [1.82, 2.24) is 19.6 Å². The average Bonchev–Trinajstić information content (AvgIpc) is 2.93. The first-order valence-electron chi connectivity index (χ1n) is 8.54. The standard InChI is InChI=1S/C17H17ClN6O2/c18-15-14(12-5-7-13(8-6-12)24(25)26)16(22-9-3-1-2-4-10-22)23-17(21-15)19-11-20-23/h5-8,11H,1-4,9-10H2. The number of anilines is 1. The Labute approximate surface area is 154 Å². The van der Waals surface area contributed by atoms with Gasteiger partial charge in [-0.1, -0.05) is 24.4 Å². The molecule has 9 heteroatoms. The largest absolute Gasteiger partial charge is 0.356 e. The second-order valence-electron chi connectivity index (χ2n) is 6.28. The molecule has 4 rings (SSSR count). The van der Waals surface area contributed by atoms with Gasteiger partial charge in [0, 0.05) is 25.2 Å². The van der Waals surface area contributed by atoms with Gasteiger partial charge < -0.3 is 4.90 Å². The first-order valence-corrected chi connectivity index (χ1v) is 8.92. The molecule has 0 unspecified atom stereocenters. The molecule has 1 fully saturated rings. The maximum absolute atomic E-state index is 10.9. The number of nitro benzene ring substituents is 1. The molecule has 0 spiro atoms. The van der Waals surface area contributed by atoms with Crippen molar-refractivity contribution >= 4 is 28.9 Å². The van der Waals surface area contributed by atoms with E-state index in [-0.39, 0.29) is 5.69 Å². The van der Waals surface area contributed by atoms with Gasteiger partial charge in [-0.2, -0.15) is 19.6 Å². The fourth-order valence-corrected chi connectivity index (χ4v) is 3.64. The van der Waals surface area contributed by atoms with Gasteiger partial charge >= 0.3 is 0 Å². The van der Waals surface area contributed by atoms with E-state index in [0.717, 1.165) is 42.9 Å². The summed E-state index contributed by atoms with van der Waals surface area (Å²) in [6.07, 6.45) is 6.04. The molecule has 0 saturated carbocycles. The molecule has 1 aliphatic heterocycles. The second kappa shape index (κ2) is 6.87. The summed E-state index contributed by atoms with van der Waals surface area (Å²) in [5.74, 6) is 1.29. The highest BCUT2D eigenvalue weighted by Gasteiger charge is 2.23. The Bertz CT molecular complexity index is 948. The van der Waals surface area contributed by atoms with Gasteiger partial charge in [-0.25, -0.2) is 0 Å². The number of benzene rings is 1. The monoisotopic (exact) mass is 372 g/mol. The van der Waals surface area contributed by atoms with Crippen molar-refractivity contribution in [3.8, 4) is 11.1 Å². The van der Waals surface area contributed by atoms with E-state index in [1.807, 2.05) is 0 Å². The summed E-state index contributed by atoms with van der Waals surface area (Å²) in [6, 6.07) is 6.35. The molecule has 2 aromatic heterocycles. The maximum atomic E-state index is 10.9. The van der Waals surface area contributed by atoms with Crippen molar-refractivity contribution in [2.45, 2.75) is 25.7 Å². The molecular formula is C17H17ClN6O2. The lowest BCUT2D eigenvalue weighted by atomic mass is 10.1. The van der Waals surface area contributed by atoms with E-state index in [0.29, 0.717) is 10.9 Å². The molecule has 8 nitrogen and oxygen atoms in total. The second-order valence-corrected chi connectivity index (χ2v) is 6.64. The summed E-state index contributed by atoms with van der Waals surface area (Å²) in [7, 11) is 0. The van der Waals surface area contributed by atoms with Crippen molar-refractivity contribution in [2.24, 2.45) is 0 Å². The van der Waals surface area contributed by atoms with Crippen molar-refractivity contribution in [1.29, 1.82) is 0 Å². The van der Waals surface area contributed by atoms with Crippen LogP contribution in [0.25, 0.3) is 16.9 Å². The minimum atomic E-state index is -0.417. The van der Waals surface area contributed by atoms with Crippen LogP contribution in [0.1, 0.15) is 25.7 Å². The van der Waals surface area contributed by atoms with Crippen LogP contribution in [0.3, 0.4) is 0 Å². The number of nitrogens with zero attached hydrogens (tertiary/aromatic N) is 6. The minimum absolute atomic E-state index is 0.0380. The highest BCUT2D eigenvalue weighted by Crippen LogP contribution is 2.37. The zero-order valence-corrected chi connectivity index (χ0v) is 14.8. The van der Waals surface area contributed by atoms with Crippen LogP contribution in [0.4, 0.5) is 11.5 Å². The molecule has 0 atom stereocenters. The van der Waals surface area contributed by atoms with Gasteiger partial charge in [0.25, 0.3) is 11.5 Å². The van der Waals surface area contributed by atoms with Crippen LogP contribution in [0.15, 0.2) is 30.6 Å². The highest BCUT2D eigenvalue weighted by molar-refractivity contribution is 6.33. The number of hydrogen-bond acceptors (Lipinski definition) is 6. The van der Waals surface area contributed by atoms with E-state index in [9.17, 15) is 10.1 Å². The molecule has 134 valence electrons. The molecule has 3 heterocycles.